The van der Waals surface area contributed by atoms with Gasteiger partial charge in [0.05, 0.1) is 10.7 Å². The quantitative estimate of drug-likeness (QED) is 0.869. The minimum absolute atomic E-state index is 0.146. The molecule has 0 spiro atoms. The zero-order chi connectivity index (χ0) is 14.0. The molecular weight excluding hydrogens is 254 g/mol. The zero-order valence-corrected chi connectivity index (χ0v) is 13.7. The first-order valence-corrected chi connectivity index (χ1v) is 8.05. The highest BCUT2D eigenvalue weighted by Gasteiger charge is 2.25. The van der Waals surface area contributed by atoms with Crippen molar-refractivity contribution in [2.45, 2.75) is 58.0 Å². The molecule has 0 amide bonds. The second-order valence-electron chi connectivity index (χ2n) is 6.84. The molecule has 0 atom stereocenters. The molecule has 2 rings (SSSR count). The van der Waals surface area contributed by atoms with Crippen LogP contribution in [0.25, 0.3) is 0 Å². The minimum Gasteiger partial charge on any atom is -0.309 e. The van der Waals surface area contributed by atoms with E-state index in [4.69, 9.17) is 4.98 Å². The van der Waals surface area contributed by atoms with Crippen LogP contribution in [0.3, 0.4) is 0 Å². The number of rotatable bonds is 6. The van der Waals surface area contributed by atoms with Gasteiger partial charge in [-0.2, -0.15) is 0 Å². The summed E-state index contributed by atoms with van der Waals surface area (Å²) in [5.41, 5.74) is 1.44. The summed E-state index contributed by atoms with van der Waals surface area (Å²) in [6.07, 6.45) is 3.75. The molecule has 19 heavy (non-hydrogen) atoms. The number of nitrogens with one attached hydrogen (secondary N) is 1. The molecule has 1 aromatic rings. The fourth-order valence-corrected chi connectivity index (χ4v) is 3.28. The van der Waals surface area contributed by atoms with Crippen LogP contribution >= 0.6 is 11.3 Å². The van der Waals surface area contributed by atoms with Crippen LogP contribution in [0.5, 0.6) is 0 Å². The number of thiazole rings is 1. The monoisotopic (exact) mass is 281 g/mol. The molecule has 0 aromatic carbocycles. The van der Waals surface area contributed by atoms with Gasteiger partial charge in [0.1, 0.15) is 0 Å². The molecule has 1 N–H and O–H groups in total. The number of nitrogens with zero attached hydrogens (tertiary/aromatic N) is 2. The van der Waals surface area contributed by atoms with Gasteiger partial charge in [-0.15, -0.1) is 11.3 Å². The molecule has 1 saturated carbocycles. The molecule has 0 radical (unpaired) electrons. The molecule has 0 saturated heterocycles. The first-order chi connectivity index (χ1) is 8.86. The molecular formula is C15H27N3S. The summed E-state index contributed by atoms with van der Waals surface area (Å²) in [4.78, 5) is 8.56. The summed E-state index contributed by atoms with van der Waals surface area (Å²) < 4.78 is 0. The molecule has 1 fully saturated rings. The van der Waals surface area contributed by atoms with Crippen molar-refractivity contribution < 1.29 is 0 Å². The van der Waals surface area contributed by atoms with Gasteiger partial charge in [0.15, 0.2) is 0 Å². The van der Waals surface area contributed by atoms with Gasteiger partial charge in [0, 0.05) is 35.8 Å². The van der Waals surface area contributed by atoms with E-state index >= 15 is 0 Å². The number of aromatic nitrogens is 1. The third-order valence-corrected chi connectivity index (χ3v) is 4.47. The normalized spacial score (nSPS) is 16.3. The molecule has 1 aliphatic carbocycles. The van der Waals surface area contributed by atoms with Gasteiger partial charge in [0.25, 0.3) is 0 Å². The highest BCUT2D eigenvalue weighted by Crippen LogP contribution is 2.30. The maximum absolute atomic E-state index is 4.90. The lowest BCUT2D eigenvalue weighted by Gasteiger charge is -2.17. The molecule has 1 aromatic heterocycles. The van der Waals surface area contributed by atoms with Crippen molar-refractivity contribution in [2.75, 3.05) is 20.6 Å². The Labute approximate surface area is 121 Å². The predicted octanol–water partition coefficient (Wildman–Crippen LogP) is 2.80. The second-order valence-corrected chi connectivity index (χ2v) is 8.01. The fourth-order valence-electron chi connectivity index (χ4n) is 2.06. The van der Waals surface area contributed by atoms with Crippen molar-refractivity contribution in [1.82, 2.24) is 15.2 Å². The molecule has 3 nitrogen and oxygen atoms in total. The Morgan fingerprint density at radius 3 is 2.53 bits per heavy atom. The van der Waals surface area contributed by atoms with Crippen molar-refractivity contribution >= 4 is 11.3 Å². The van der Waals surface area contributed by atoms with E-state index in [0.717, 1.165) is 25.6 Å². The van der Waals surface area contributed by atoms with E-state index < -0.39 is 0 Å². The maximum Gasteiger partial charge on any atom is 0.0944 e. The summed E-state index contributed by atoms with van der Waals surface area (Å²) in [5, 5.41) is 4.91. The molecule has 108 valence electrons. The topological polar surface area (TPSA) is 28.2 Å². The predicted molar refractivity (Wildman–Crippen MR) is 82.9 cm³/mol. The lowest BCUT2D eigenvalue weighted by Crippen LogP contribution is -2.20. The van der Waals surface area contributed by atoms with Crippen LogP contribution in [-0.4, -0.2) is 36.6 Å². The van der Waals surface area contributed by atoms with Crippen molar-refractivity contribution in [3.63, 3.8) is 0 Å². The zero-order valence-electron chi connectivity index (χ0n) is 12.9. The lowest BCUT2D eigenvalue weighted by atomic mass is 9.91. The highest BCUT2D eigenvalue weighted by atomic mass is 32.1. The largest absolute Gasteiger partial charge is 0.309 e. The molecule has 0 unspecified atom stereocenters. The first kappa shape index (κ1) is 14.9. The van der Waals surface area contributed by atoms with Gasteiger partial charge in [-0.25, -0.2) is 4.98 Å². The van der Waals surface area contributed by atoms with Crippen LogP contribution in [0.4, 0.5) is 0 Å². The summed E-state index contributed by atoms with van der Waals surface area (Å²) in [6, 6.07) is 0.764. The minimum atomic E-state index is 0.146. The van der Waals surface area contributed by atoms with Crippen LogP contribution in [0.2, 0.25) is 0 Å². The van der Waals surface area contributed by atoms with E-state index in [1.165, 1.54) is 28.4 Å². The number of hydrogen-bond donors (Lipinski definition) is 1. The van der Waals surface area contributed by atoms with Gasteiger partial charge >= 0.3 is 0 Å². The Hall–Kier alpha value is -0.450. The van der Waals surface area contributed by atoms with Crippen molar-refractivity contribution in [1.29, 1.82) is 0 Å². The molecule has 4 heteroatoms. The summed E-state index contributed by atoms with van der Waals surface area (Å²) in [6.45, 7) is 8.86. The van der Waals surface area contributed by atoms with Crippen LogP contribution in [0.15, 0.2) is 0 Å². The molecule has 1 aliphatic rings. The standard InChI is InChI=1S/C15H27N3S/c1-15(2,3)14-12(10-16-11-6-7-11)19-13(17-14)8-9-18(4)5/h11,16H,6-10H2,1-5H3. The average molecular weight is 281 g/mol. The summed E-state index contributed by atoms with van der Waals surface area (Å²) >= 11 is 1.90. The Balaban J connectivity index is 2.08. The van der Waals surface area contributed by atoms with E-state index in [1.807, 2.05) is 11.3 Å². The van der Waals surface area contributed by atoms with Gasteiger partial charge in [-0.3, -0.25) is 0 Å². The van der Waals surface area contributed by atoms with E-state index in [1.54, 1.807) is 0 Å². The highest BCUT2D eigenvalue weighted by molar-refractivity contribution is 7.11. The number of likely N-dealkylation sites (N-methyl/N-ethyl adjacent to an activating group) is 1. The Kier molecular flexibility index (Phi) is 4.64. The average Bonchev–Trinajstić information content (AvgIpc) is 3.02. The van der Waals surface area contributed by atoms with Crippen LogP contribution in [0, 0.1) is 0 Å². The van der Waals surface area contributed by atoms with Gasteiger partial charge in [-0.1, -0.05) is 20.8 Å². The van der Waals surface area contributed by atoms with Crippen LogP contribution < -0.4 is 5.32 Å². The fraction of sp³-hybridized carbons (Fsp3) is 0.800. The second kappa shape index (κ2) is 5.90. The Morgan fingerprint density at radius 1 is 1.32 bits per heavy atom. The Morgan fingerprint density at radius 2 is 2.00 bits per heavy atom. The van der Waals surface area contributed by atoms with Gasteiger partial charge in [-0.05, 0) is 26.9 Å². The lowest BCUT2D eigenvalue weighted by molar-refractivity contribution is 0.413. The third-order valence-electron chi connectivity index (χ3n) is 3.35. The van der Waals surface area contributed by atoms with Crippen molar-refractivity contribution in [3.8, 4) is 0 Å². The van der Waals surface area contributed by atoms with E-state index in [2.05, 4.69) is 45.1 Å². The van der Waals surface area contributed by atoms with Gasteiger partial charge in [0.2, 0.25) is 0 Å². The van der Waals surface area contributed by atoms with Crippen LogP contribution in [-0.2, 0) is 18.4 Å². The van der Waals surface area contributed by atoms with E-state index in [-0.39, 0.29) is 5.41 Å². The van der Waals surface area contributed by atoms with E-state index in [9.17, 15) is 0 Å². The van der Waals surface area contributed by atoms with E-state index in [0.29, 0.717) is 0 Å². The first-order valence-electron chi connectivity index (χ1n) is 7.23. The third kappa shape index (κ3) is 4.55. The van der Waals surface area contributed by atoms with Crippen molar-refractivity contribution in [2.24, 2.45) is 0 Å². The summed E-state index contributed by atoms with van der Waals surface area (Å²) in [5.74, 6) is 0. The molecule has 0 bridgehead atoms. The Bertz CT molecular complexity index is 414. The smallest absolute Gasteiger partial charge is 0.0944 e. The van der Waals surface area contributed by atoms with Gasteiger partial charge < -0.3 is 10.2 Å². The summed E-state index contributed by atoms with van der Waals surface area (Å²) in [7, 11) is 4.24. The number of hydrogen-bond acceptors (Lipinski definition) is 4. The SMILES string of the molecule is CN(C)CCc1nc(C(C)(C)C)c(CNC2CC2)s1. The maximum atomic E-state index is 4.90. The molecule has 0 aliphatic heterocycles. The van der Waals surface area contributed by atoms with Crippen molar-refractivity contribution in [3.05, 3.63) is 15.6 Å². The molecule has 1 heterocycles. The van der Waals surface area contributed by atoms with Crippen LogP contribution in [0.1, 0.15) is 49.2 Å².